The highest BCUT2D eigenvalue weighted by atomic mass is 32.2. The number of methoxy groups -OCH3 is 3. The summed E-state index contributed by atoms with van der Waals surface area (Å²) in [4.78, 5) is 26.0. The van der Waals surface area contributed by atoms with Crippen molar-refractivity contribution in [2.24, 2.45) is 0 Å². The molecule has 1 heterocycles. The van der Waals surface area contributed by atoms with Gasteiger partial charge in [0.25, 0.3) is 11.1 Å². The molecule has 1 aliphatic rings. The Balaban J connectivity index is 2.24. The molecular formula is C16H19NO5S. The zero-order valence-electron chi connectivity index (χ0n) is 13.3. The molecule has 1 aromatic carbocycles. The molecule has 0 saturated carbocycles. The molecule has 1 fully saturated rings. The third-order valence-electron chi connectivity index (χ3n) is 3.32. The standard InChI is InChI=1S/C16H19NO5S/c1-20-9-5-8-17-15(18)13(23-16(17)19)10-11-6-4-7-12(21-2)14(11)22-3/h4,6-7,10H,5,8-9H2,1-3H3/b13-10+. The Morgan fingerprint density at radius 2 is 1.96 bits per heavy atom. The summed E-state index contributed by atoms with van der Waals surface area (Å²) in [5.74, 6) is 0.808. The van der Waals surface area contributed by atoms with Gasteiger partial charge < -0.3 is 14.2 Å². The number of carbonyl (C=O) groups excluding carboxylic acids is 2. The van der Waals surface area contributed by atoms with E-state index in [-0.39, 0.29) is 11.1 Å². The fourth-order valence-corrected chi connectivity index (χ4v) is 3.08. The van der Waals surface area contributed by atoms with Crippen molar-refractivity contribution >= 4 is 29.0 Å². The number of rotatable bonds is 7. The van der Waals surface area contributed by atoms with Crippen LogP contribution in [-0.4, -0.2) is 50.5 Å². The summed E-state index contributed by atoms with van der Waals surface area (Å²) in [6.07, 6.45) is 2.27. The van der Waals surface area contributed by atoms with Crippen LogP contribution in [0.5, 0.6) is 11.5 Å². The highest BCUT2D eigenvalue weighted by Gasteiger charge is 2.34. The monoisotopic (exact) mass is 337 g/mol. The number of carbonyl (C=O) groups is 2. The van der Waals surface area contributed by atoms with Crippen LogP contribution in [0.2, 0.25) is 0 Å². The molecule has 1 aliphatic heterocycles. The van der Waals surface area contributed by atoms with E-state index < -0.39 is 0 Å². The summed E-state index contributed by atoms with van der Waals surface area (Å²) in [7, 11) is 4.67. The number of hydrogen-bond acceptors (Lipinski definition) is 6. The van der Waals surface area contributed by atoms with Crippen molar-refractivity contribution in [1.29, 1.82) is 0 Å². The lowest BCUT2D eigenvalue weighted by atomic mass is 10.1. The van der Waals surface area contributed by atoms with Crippen LogP contribution >= 0.6 is 11.8 Å². The van der Waals surface area contributed by atoms with E-state index in [1.807, 2.05) is 0 Å². The number of imide groups is 1. The predicted octanol–water partition coefficient (Wildman–Crippen LogP) is 2.78. The lowest BCUT2D eigenvalue weighted by Crippen LogP contribution is -2.29. The second-order valence-electron chi connectivity index (χ2n) is 4.76. The number of nitrogens with zero attached hydrogens (tertiary/aromatic N) is 1. The average Bonchev–Trinajstić information content (AvgIpc) is 2.82. The molecule has 7 heteroatoms. The summed E-state index contributed by atoms with van der Waals surface area (Å²) in [6, 6.07) is 5.38. The van der Waals surface area contributed by atoms with E-state index in [0.29, 0.717) is 41.5 Å². The van der Waals surface area contributed by atoms with Crippen LogP contribution in [0.25, 0.3) is 6.08 Å². The molecule has 6 nitrogen and oxygen atoms in total. The molecule has 23 heavy (non-hydrogen) atoms. The maximum atomic E-state index is 12.4. The molecule has 0 aliphatic carbocycles. The molecule has 1 saturated heterocycles. The van der Waals surface area contributed by atoms with Crippen molar-refractivity contribution in [2.45, 2.75) is 6.42 Å². The molecule has 1 aromatic rings. The largest absolute Gasteiger partial charge is 0.493 e. The van der Waals surface area contributed by atoms with Crippen LogP contribution in [0.4, 0.5) is 4.79 Å². The highest BCUT2D eigenvalue weighted by molar-refractivity contribution is 8.18. The molecule has 0 radical (unpaired) electrons. The van der Waals surface area contributed by atoms with E-state index in [0.717, 1.165) is 11.8 Å². The minimum atomic E-state index is -0.291. The summed E-state index contributed by atoms with van der Waals surface area (Å²) in [5.41, 5.74) is 0.689. The van der Waals surface area contributed by atoms with Gasteiger partial charge in [0.05, 0.1) is 19.1 Å². The second-order valence-corrected chi connectivity index (χ2v) is 5.76. The van der Waals surface area contributed by atoms with Crippen molar-refractivity contribution in [2.75, 3.05) is 34.5 Å². The van der Waals surface area contributed by atoms with E-state index >= 15 is 0 Å². The van der Waals surface area contributed by atoms with Crippen LogP contribution in [0.1, 0.15) is 12.0 Å². The van der Waals surface area contributed by atoms with Crippen LogP contribution in [0, 0.1) is 0 Å². The Kier molecular flexibility index (Phi) is 6.06. The number of ether oxygens (including phenoxy) is 3. The van der Waals surface area contributed by atoms with Gasteiger partial charge in [-0.1, -0.05) is 12.1 Å². The third-order valence-corrected chi connectivity index (χ3v) is 4.23. The van der Waals surface area contributed by atoms with Gasteiger partial charge in [0.1, 0.15) is 0 Å². The molecule has 0 unspecified atom stereocenters. The van der Waals surface area contributed by atoms with Crippen molar-refractivity contribution in [3.63, 3.8) is 0 Å². The number of thioether (sulfide) groups is 1. The molecule has 0 bridgehead atoms. The summed E-state index contributed by atoms with van der Waals surface area (Å²) in [5, 5.41) is -0.265. The molecule has 0 atom stereocenters. The summed E-state index contributed by atoms with van der Waals surface area (Å²) >= 11 is 0.929. The van der Waals surface area contributed by atoms with E-state index in [1.165, 1.54) is 12.0 Å². The molecule has 0 aromatic heterocycles. The summed E-state index contributed by atoms with van der Waals surface area (Å²) < 4.78 is 15.5. The molecule has 2 rings (SSSR count). The first-order chi connectivity index (χ1) is 11.1. The lowest BCUT2D eigenvalue weighted by Gasteiger charge is -2.12. The fraction of sp³-hybridized carbons (Fsp3) is 0.375. The van der Waals surface area contributed by atoms with Crippen LogP contribution in [0.15, 0.2) is 23.1 Å². The van der Waals surface area contributed by atoms with Crippen LogP contribution < -0.4 is 9.47 Å². The predicted molar refractivity (Wildman–Crippen MR) is 88.7 cm³/mol. The quantitative estimate of drug-likeness (QED) is 0.563. The number of hydrogen-bond donors (Lipinski definition) is 0. The van der Waals surface area contributed by atoms with Crippen molar-refractivity contribution in [3.05, 3.63) is 28.7 Å². The topological polar surface area (TPSA) is 65.1 Å². The van der Waals surface area contributed by atoms with Gasteiger partial charge in [-0.25, -0.2) is 0 Å². The zero-order valence-corrected chi connectivity index (χ0v) is 14.1. The first-order valence-corrected chi connectivity index (χ1v) is 7.89. The third kappa shape index (κ3) is 3.86. The van der Waals surface area contributed by atoms with Gasteiger partial charge >= 0.3 is 0 Å². The van der Waals surface area contributed by atoms with Crippen molar-refractivity contribution in [1.82, 2.24) is 4.90 Å². The molecule has 0 spiro atoms. The molecular weight excluding hydrogens is 318 g/mol. The second kappa shape index (κ2) is 8.03. The Morgan fingerprint density at radius 1 is 1.17 bits per heavy atom. The molecule has 0 N–H and O–H groups in total. The average molecular weight is 337 g/mol. The van der Waals surface area contributed by atoms with E-state index in [2.05, 4.69) is 0 Å². The van der Waals surface area contributed by atoms with Gasteiger partial charge in [-0.2, -0.15) is 0 Å². The van der Waals surface area contributed by atoms with Gasteiger partial charge in [-0.3, -0.25) is 14.5 Å². The Labute approximate surface area is 139 Å². The Hall–Kier alpha value is -1.99. The maximum absolute atomic E-state index is 12.4. The van der Waals surface area contributed by atoms with Gasteiger partial charge in [-0.15, -0.1) is 0 Å². The van der Waals surface area contributed by atoms with E-state index in [4.69, 9.17) is 14.2 Å². The summed E-state index contributed by atoms with van der Waals surface area (Å²) in [6.45, 7) is 0.857. The minimum absolute atomic E-state index is 0.265. The zero-order chi connectivity index (χ0) is 16.8. The Bertz CT molecular complexity index is 629. The van der Waals surface area contributed by atoms with E-state index in [9.17, 15) is 9.59 Å². The smallest absolute Gasteiger partial charge is 0.293 e. The fourth-order valence-electron chi connectivity index (χ4n) is 2.23. The van der Waals surface area contributed by atoms with Crippen LogP contribution in [-0.2, 0) is 9.53 Å². The maximum Gasteiger partial charge on any atom is 0.293 e. The number of para-hydroxylation sites is 1. The first-order valence-electron chi connectivity index (χ1n) is 7.07. The van der Waals surface area contributed by atoms with E-state index in [1.54, 1.807) is 38.5 Å². The van der Waals surface area contributed by atoms with Crippen LogP contribution in [0.3, 0.4) is 0 Å². The molecule has 124 valence electrons. The Morgan fingerprint density at radius 3 is 2.61 bits per heavy atom. The first kappa shape index (κ1) is 17.4. The van der Waals surface area contributed by atoms with Crippen molar-refractivity contribution < 1.29 is 23.8 Å². The van der Waals surface area contributed by atoms with Gasteiger partial charge in [-0.05, 0) is 30.3 Å². The highest BCUT2D eigenvalue weighted by Crippen LogP contribution is 2.37. The normalized spacial score (nSPS) is 16.3. The van der Waals surface area contributed by atoms with Gasteiger partial charge in [0.15, 0.2) is 11.5 Å². The number of benzene rings is 1. The SMILES string of the molecule is COCCCN1C(=O)S/C(=C/c2cccc(OC)c2OC)C1=O. The van der Waals surface area contributed by atoms with Gasteiger partial charge in [0, 0.05) is 25.8 Å². The van der Waals surface area contributed by atoms with Gasteiger partial charge in [0.2, 0.25) is 0 Å². The number of amides is 2. The van der Waals surface area contributed by atoms with Crippen molar-refractivity contribution in [3.8, 4) is 11.5 Å². The molecule has 2 amide bonds. The minimum Gasteiger partial charge on any atom is -0.493 e. The lowest BCUT2D eigenvalue weighted by molar-refractivity contribution is -0.122.